The molecule has 0 radical (unpaired) electrons. The van der Waals surface area contributed by atoms with Crippen LogP contribution in [0, 0.1) is 0 Å². The van der Waals surface area contributed by atoms with Crippen molar-refractivity contribution in [2.45, 2.75) is 39.5 Å². The number of hydrogen-bond donors (Lipinski definition) is 1. The lowest BCUT2D eigenvalue weighted by Gasteiger charge is -2.29. The van der Waals surface area contributed by atoms with E-state index in [4.69, 9.17) is 9.47 Å². The van der Waals surface area contributed by atoms with Gasteiger partial charge in [-0.15, -0.1) is 6.58 Å². The van der Waals surface area contributed by atoms with Crippen LogP contribution >= 0.6 is 0 Å². The first kappa shape index (κ1) is 30.4. The first-order chi connectivity index (χ1) is 16.3. The third-order valence-electron chi connectivity index (χ3n) is 5.45. The number of hydrogen-bond acceptors (Lipinski definition) is 4. The number of Topliss-reactive ketones (excluding diaryl/α,β-unsaturated/α-hetero) is 1. The number of nitrogens with one attached hydrogen (secondary N) is 1. The Kier molecular flexibility index (Phi) is 13.3. The first-order valence-electron chi connectivity index (χ1n) is 12.0. The molecule has 0 aliphatic rings. The molecule has 0 atom stereocenters. The second kappa shape index (κ2) is 15.4. The van der Waals surface area contributed by atoms with Gasteiger partial charge in [0, 0.05) is 30.5 Å². The van der Waals surface area contributed by atoms with Gasteiger partial charge in [-0.05, 0) is 43.2 Å². The van der Waals surface area contributed by atoms with E-state index in [1.54, 1.807) is 24.3 Å². The third kappa shape index (κ3) is 10.2. The molecule has 1 N–H and O–H groups in total. The molecule has 0 aromatic heterocycles. The van der Waals surface area contributed by atoms with Crippen LogP contribution in [0.25, 0.3) is 0 Å². The maximum absolute atomic E-state index is 12.1. The SMILES string of the molecule is C=CCc1cccc(Oc2ccc(C(=O)CC)cc2)c1OCCC[N+](C)(C)CC(=O)NCCC.[Br-]. The van der Waals surface area contributed by atoms with E-state index in [9.17, 15) is 9.59 Å². The van der Waals surface area contributed by atoms with Crippen LogP contribution in [-0.4, -0.2) is 56.5 Å². The van der Waals surface area contributed by atoms with Gasteiger partial charge in [0.1, 0.15) is 5.75 Å². The molecular formula is C28H39BrN2O4. The normalized spacial score (nSPS) is 10.7. The molecule has 0 aliphatic heterocycles. The topological polar surface area (TPSA) is 64.6 Å². The Balaban J connectivity index is 0.00000612. The van der Waals surface area contributed by atoms with Gasteiger partial charge in [0.2, 0.25) is 0 Å². The summed E-state index contributed by atoms with van der Waals surface area (Å²) in [6, 6.07) is 13.0. The fourth-order valence-electron chi connectivity index (χ4n) is 3.62. The quantitative estimate of drug-likeness (QED) is 0.161. The Morgan fingerprint density at radius 2 is 1.80 bits per heavy atom. The van der Waals surface area contributed by atoms with E-state index in [0.29, 0.717) is 59.8 Å². The summed E-state index contributed by atoms with van der Waals surface area (Å²) in [6.07, 6.45) is 4.70. The van der Waals surface area contributed by atoms with Gasteiger partial charge in [0.05, 0.1) is 27.2 Å². The molecule has 0 saturated heterocycles. The van der Waals surface area contributed by atoms with E-state index in [1.165, 1.54) is 0 Å². The number of quaternary nitrogens is 1. The Labute approximate surface area is 220 Å². The summed E-state index contributed by atoms with van der Waals surface area (Å²) in [5, 5.41) is 2.94. The number of allylic oxidation sites excluding steroid dienone is 1. The highest BCUT2D eigenvalue weighted by atomic mass is 79.9. The van der Waals surface area contributed by atoms with Crippen molar-refractivity contribution in [2.75, 3.05) is 40.3 Å². The minimum Gasteiger partial charge on any atom is -1.00 e. The first-order valence-corrected chi connectivity index (χ1v) is 12.0. The van der Waals surface area contributed by atoms with Crippen molar-refractivity contribution in [1.29, 1.82) is 0 Å². The zero-order valence-corrected chi connectivity index (χ0v) is 23.0. The highest BCUT2D eigenvalue weighted by Crippen LogP contribution is 2.35. The Bertz CT molecular complexity index is 958. The summed E-state index contributed by atoms with van der Waals surface area (Å²) in [4.78, 5) is 24.0. The highest BCUT2D eigenvalue weighted by Gasteiger charge is 2.20. The van der Waals surface area contributed by atoms with Gasteiger partial charge in [-0.2, -0.15) is 0 Å². The van der Waals surface area contributed by atoms with Crippen LogP contribution in [0.2, 0.25) is 0 Å². The minimum atomic E-state index is 0. The number of nitrogens with zero attached hydrogens (tertiary/aromatic N) is 1. The number of likely N-dealkylation sites (N-methyl/N-ethyl adjacent to an activating group) is 1. The number of para-hydroxylation sites is 1. The number of carbonyl (C=O) groups is 2. The van der Waals surface area contributed by atoms with Crippen molar-refractivity contribution in [1.82, 2.24) is 5.32 Å². The van der Waals surface area contributed by atoms with Crippen LogP contribution < -0.4 is 31.8 Å². The second-order valence-corrected chi connectivity index (χ2v) is 9.01. The molecule has 0 fully saturated rings. The van der Waals surface area contributed by atoms with E-state index in [-0.39, 0.29) is 28.7 Å². The largest absolute Gasteiger partial charge is 1.00 e. The lowest BCUT2D eigenvalue weighted by Crippen LogP contribution is -3.00. The summed E-state index contributed by atoms with van der Waals surface area (Å²) in [5.41, 5.74) is 1.67. The number of carbonyl (C=O) groups excluding carboxylic acids is 2. The van der Waals surface area contributed by atoms with Gasteiger partial charge in [0.25, 0.3) is 5.91 Å². The molecule has 35 heavy (non-hydrogen) atoms. The van der Waals surface area contributed by atoms with Crippen LogP contribution in [0.15, 0.2) is 55.1 Å². The molecule has 0 heterocycles. The van der Waals surface area contributed by atoms with Crippen LogP contribution in [0.1, 0.15) is 49.0 Å². The molecule has 0 aliphatic carbocycles. The summed E-state index contributed by atoms with van der Waals surface area (Å²) in [5.74, 6) is 2.15. The summed E-state index contributed by atoms with van der Waals surface area (Å²) in [6.45, 7) is 10.2. The molecule has 2 aromatic rings. The van der Waals surface area contributed by atoms with Crippen LogP contribution in [0.4, 0.5) is 0 Å². The highest BCUT2D eigenvalue weighted by molar-refractivity contribution is 5.95. The van der Waals surface area contributed by atoms with Crippen LogP contribution in [-0.2, 0) is 11.2 Å². The zero-order valence-electron chi connectivity index (χ0n) is 21.4. The average Bonchev–Trinajstić information content (AvgIpc) is 2.81. The molecule has 0 bridgehead atoms. The monoisotopic (exact) mass is 546 g/mol. The maximum Gasteiger partial charge on any atom is 0.275 e. The number of ketones is 1. The van der Waals surface area contributed by atoms with Crippen molar-refractivity contribution >= 4 is 11.7 Å². The van der Waals surface area contributed by atoms with Crippen LogP contribution in [0.3, 0.4) is 0 Å². The number of ether oxygens (including phenoxy) is 2. The predicted molar refractivity (Wildman–Crippen MR) is 137 cm³/mol. The third-order valence-corrected chi connectivity index (χ3v) is 5.45. The van der Waals surface area contributed by atoms with Crippen molar-refractivity contribution in [3.8, 4) is 17.2 Å². The number of halogens is 1. The minimum absolute atomic E-state index is 0. The molecule has 6 nitrogen and oxygen atoms in total. The molecule has 7 heteroatoms. The standard InChI is InChI=1S/C28H38N2O4.BrH/c1-6-11-23-12-9-13-26(34-24-16-14-22(15-17-24)25(31)8-3)28(23)33-20-10-19-30(4,5)21-27(32)29-18-7-2;/h6,9,12-17H,1,7-8,10-11,18-21H2,2-5H3;1H. The lowest BCUT2D eigenvalue weighted by molar-refractivity contribution is -0.882. The van der Waals surface area contributed by atoms with E-state index >= 15 is 0 Å². The fourth-order valence-corrected chi connectivity index (χ4v) is 3.62. The van der Waals surface area contributed by atoms with Gasteiger partial charge in [-0.25, -0.2) is 0 Å². The average molecular weight is 548 g/mol. The number of rotatable bonds is 15. The van der Waals surface area contributed by atoms with E-state index in [2.05, 4.69) is 26.0 Å². The van der Waals surface area contributed by atoms with Crippen LogP contribution in [0.5, 0.6) is 17.2 Å². The molecule has 1 amide bonds. The van der Waals surface area contributed by atoms with Gasteiger partial charge in [-0.3, -0.25) is 9.59 Å². The smallest absolute Gasteiger partial charge is 0.275 e. The number of benzene rings is 2. The van der Waals surface area contributed by atoms with E-state index < -0.39 is 0 Å². The molecule has 192 valence electrons. The molecule has 0 unspecified atom stereocenters. The Morgan fingerprint density at radius 1 is 1.09 bits per heavy atom. The molecule has 0 spiro atoms. The lowest BCUT2D eigenvalue weighted by atomic mass is 10.1. The summed E-state index contributed by atoms with van der Waals surface area (Å²) in [7, 11) is 4.11. The summed E-state index contributed by atoms with van der Waals surface area (Å²) >= 11 is 0. The zero-order chi connectivity index (χ0) is 25.0. The van der Waals surface area contributed by atoms with Gasteiger partial charge < -0.3 is 36.3 Å². The van der Waals surface area contributed by atoms with Crippen molar-refractivity contribution in [3.05, 3.63) is 66.2 Å². The van der Waals surface area contributed by atoms with Gasteiger partial charge >= 0.3 is 0 Å². The Hall–Kier alpha value is -2.64. The van der Waals surface area contributed by atoms with E-state index in [0.717, 1.165) is 24.9 Å². The fraction of sp³-hybridized carbons (Fsp3) is 0.429. The van der Waals surface area contributed by atoms with Crippen molar-refractivity contribution in [2.24, 2.45) is 0 Å². The maximum atomic E-state index is 12.1. The van der Waals surface area contributed by atoms with Crippen molar-refractivity contribution < 1.29 is 40.5 Å². The second-order valence-electron chi connectivity index (χ2n) is 9.01. The molecule has 0 saturated carbocycles. The Morgan fingerprint density at radius 3 is 2.43 bits per heavy atom. The van der Waals surface area contributed by atoms with Gasteiger partial charge in [-0.1, -0.05) is 32.1 Å². The van der Waals surface area contributed by atoms with Crippen molar-refractivity contribution in [3.63, 3.8) is 0 Å². The number of amides is 1. The van der Waals surface area contributed by atoms with E-state index in [1.807, 2.05) is 38.1 Å². The molecular weight excluding hydrogens is 508 g/mol. The summed E-state index contributed by atoms with van der Waals surface area (Å²) < 4.78 is 12.9. The van der Waals surface area contributed by atoms with Gasteiger partial charge in [0.15, 0.2) is 23.8 Å². The predicted octanol–water partition coefficient (Wildman–Crippen LogP) is 2.18. The molecule has 2 aromatic carbocycles. The molecule has 2 rings (SSSR count).